The fourth-order valence-electron chi connectivity index (χ4n) is 1.57. The van der Waals surface area contributed by atoms with Crippen molar-refractivity contribution < 1.29 is 9.13 Å². The van der Waals surface area contributed by atoms with Gasteiger partial charge in [-0.1, -0.05) is 29.3 Å². The van der Waals surface area contributed by atoms with E-state index < -0.39 is 0 Å². The topological polar surface area (TPSA) is 9.23 Å². The zero-order valence-electron chi connectivity index (χ0n) is 9.01. The van der Waals surface area contributed by atoms with Gasteiger partial charge in [0, 0.05) is 11.6 Å². The lowest BCUT2D eigenvalue weighted by Gasteiger charge is -2.09. The van der Waals surface area contributed by atoms with Gasteiger partial charge < -0.3 is 4.74 Å². The molecule has 0 radical (unpaired) electrons. The lowest BCUT2D eigenvalue weighted by Crippen LogP contribution is -1.89. The second kappa shape index (κ2) is 4.94. The van der Waals surface area contributed by atoms with Crippen LogP contribution in [0.4, 0.5) is 4.39 Å². The lowest BCUT2D eigenvalue weighted by molar-refractivity contribution is 0.413. The van der Waals surface area contributed by atoms with E-state index in [-0.39, 0.29) is 5.82 Å². The molecule has 0 saturated heterocycles. The zero-order chi connectivity index (χ0) is 12.4. The Bertz CT molecular complexity index is 555. The van der Waals surface area contributed by atoms with Gasteiger partial charge in [0.2, 0.25) is 0 Å². The third kappa shape index (κ3) is 2.54. The monoisotopic (exact) mass is 270 g/mol. The Hall–Kier alpha value is -1.25. The molecule has 0 amide bonds. The van der Waals surface area contributed by atoms with E-state index in [1.165, 1.54) is 19.2 Å². The Morgan fingerprint density at radius 1 is 1.00 bits per heavy atom. The third-order valence-electron chi connectivity index (χ3n) is 2.39. The summed E-state index contributed by atoms with van der Waals surface area (Å²) >= 11 is 11.8. The maximum atomic E-state index is 13.1. The molecule has 88 valence electrons. The highest BCUT2D eigenvalue weighted by molar-refractivity contribution is 6.42. The summed E-state index contributed by atoms with van der Waals surface area (Å²) in [5.74, 6) is 0.119. The highest BCUT2D eigenvalue weighted by Crippen LogP contribution is 2.34. The average Bonchev–Trinajstić information content (AvgIpc) is 2.32. The van der Waals surface area contributed by atoms with Crippen LogP contribution in [0.2, 0.25) is 10.0 Å². The minimum atomic E-state index is -0.342. The van der Waals surface area contributed by atoms with Gasteiger partial charge in [-0.15, -0.1) is 0 Å². The SMILES string of the molecule is COc1cc(F)ccc1-c1ccc(Cl)c(Cl)c1. The fraction of sp³-hybridized carbons (Fsp3) is 0.0769. The van der Waals surface area contributed by atoms with E-state index in [9.17, 15) is 4.39 Å². The van der Waals surface area contributed by atoms with Crippen molar-refractivity contribution in [1.82, 2.24) is 0 Å². The van der Waals surface area contributed by atoms with Crippen molar-refractivity contribution >= 4 is 23.2 Å². The number of ether oxygens (including phenoxy) is 1. The molecule has 2 aromatic rings. The Morgan fingerprint density at radius 3 is 2.41 bits per heavy atom. The van der Waals surface area contributed by atoms with Crippen LogP contribution in [0.3, 0.4) is 0 Å². The van der Waals surface area contributed by atoms with Crippen molar-refractivity contribution in [2.45, 2.75) is 0 Å². The minimum Gasteiger partial charge on any atom is -0.496 e. The van der Waals surface area contributed by atoms with Crippen LogP contribution in [0, 0.1) is 5.82 Å². The molecule has 0 atom stereocenters. The van der Waals surface area contributed by atoms with Gasteiger partial charge in [0.25, 0.3) is 0 Å². The number of methoxy groups -OCH3 is 1. The van der Waals surface area contributed by atoms with E-state index in [0.29, 0.717) is 15.8 Å². The highest BCUT2D eigenvalue weighted by Gasteiger charge is 2.08. The van der Waals surface area contributed by atoms with Crippen molar-refractivity contribution in [2.24, 2.45) is 0 Å². The normalized spacial score (nSPS) is 10.4. The first-order valence-corrected chi connectivity index (χ1v) is 5.66. The Morgan fingerprint density at radius 2 is 1.76 bits per heavy atom. The van der Waals surface area contributed by atoms with Gasteiger partial charge in [-0.3, -0.25) is 0 Å². The van der Waals surface area contributed by atoms with E-state index in [0.717, 1.165) is 11.1 Å². The zero-order valence-corrected chi connectivity index (χ0v) is 10.5. The number of hydrogen-bond donors (Lipinski definition) is 0. The maximum Gasteiger partial charge on any atom is 0.129 e. The minimum absolute atomic E-state index is 0.342. The molecule has 0 saturated carbocycles. The summed E-state index contributed by atoms with van der Waals surface area (Å²) in [5, 5.41) is 0.937. The smallest absolute Gasteiger partial charge is 0.129 e. The van der Waals surface area contributed by atoms with Gasteiger partial charge in [0.1, 0.15) is 11.6 Å². The van der Waals surface area contributed by atoms with E-state index in [1.807, 2.05) is 6.07 Å². The molecule has 0 aliphatic heterocycles. The molecule has 0 aliphatic rings. The van der Waals surface area contributed by atoms with E-state index in [1.54, 1.807) is 18.2 Å². The van der Waals surface area contributed by atoms with E-state index in [2.05, 4.69) is 0 Å². The number of benzene rings is 2. The molecule has 2 aromatic carbocycles. The third-order valence-corrected chi connectivity index (χ3v) is 3.13. The van der Waals surface area contributed by atoms with Gasteiger partial charge in [-0.25, -0.2) is 4.39 Å². The quantitative estimate of drug-likeness (QED) is 0.761. The van der Waals surface area contributed by atoms with E-state index in [4.69, 9.17) is 27.9 Å². The standard InChI is InChI=1S/C13H9Cl2FO/c1-17-13-7-9(16)3-4-10(13)8-2-5-11(14)12(15)6-8/h2-7H,1H3. The summed E-state index contributed by atoms with van der Waals surface area (Å²) in [7, 11) is 1.50. The molecule has 2 rings (SSSR count). The van der Waals surface area contributed by atoms with Gasteiger partial charge in [-0.05, 0) is 29.8 Å². The number of hydrogen-bond acceptors (Lipinski definition) is 1. The molecule has 0 N–H and O–H groups in total. The van der Waals surface area contributed by atoms with Crippen LogP contribution >= 0.6 is 23.2 Å². The van der Waals surface area contributed by atoms with Crippen LogP contribution in [0.25, 0.3) is 11.1 Å². The molecule has 0 bridgehead atoms. The van der Waals surface area contributed by atoms with Crippen molar-refractivity contribution in [3.8, 4) is 16.9 Å². The second-order valence-corrected chi connectivity index (χ2v) is 4.29. The fourth-order valence-corrected chi connectivity index (χ4v) is 1.87. The van der Waals surface area contributed by atoms with Gasteiger partial charge in [0.05, 0.1) is 17.2 Å². The molecule has 17 heavy (non-hydrogen) atoms. The van der Waals surface area contributed by atoms with Crippen molar-refractivity contribution in [3.63, 3.8) is 0 Å². The Balaban J connectivity index is 2.55. The number of rotatable bonds is 2. The Labute approximate surface area is 109 Å². The second-order valence-electron chi connectivity index (χ2n) is 3.47. The number of halogens is 3. The average molecular weight is 271 g/mol. The summed E-state index contributed by atoms with van der Waals surface area (Å²) in [6, 6.07) is 9.58. The lowest BCUT2D eigenvalue weighted by atomic mass is 10.0. The Kier molecular flexibility index (Phi) is 3.55. The van der Waals surface area contributed by atoms with Gasteiger partial charge >= 0.3 is 0 Å². The van der Waals surface area contributed by atoms with Crippen LogP contribution in [-0.2, 0) is 0 Å². The summed E-state index contributed by atoms with van der Waals surface area (Å²) in [5.41, 5.74) is 1.60. The summed E-state index contributed by atoms with van der Waals surface area (Å²) in [4.78, 5) is 0. The van der Waals surface area contributed by atoms with E-state index >= 15 is 0 Å². The summed E-state index contributed by atoms with van der Waals surface area (Å²) in [6.45, 7) is 0. The van der Waals surface area contributed by atoms with Gasteiger partial charge in [-0.2, -0.15) is 0 Å². The molecule has 1 nitrogen and oxygen atoms in total. The first-order valence-electron chi connectivity index (χ1n) is 4.91. The molecule has 4 heteroatoms. The maximum absolute atomic E-state index is 13.1. The van der Waals surface area contributed by atoms with Crippen LogP contribution in [0.5, 0.6) is 5.75 Å². The van der Waals surface area contributed by atoms with Crippen molar-refractivity contribution in [2.75, 3.05) is 7.11 Å². The predicted molar refractivity (Wildman–Crippen MR) is 68.4 cm³/mol. The molecule has 0 heterocycles. The van der Waals surface area contributed by atoms with Crippen LogP contribution in [0.15, 0.2) is 36.4 Å². The van der Waals surface area contributed by atoms with Gasteiger partial charge in [0.15, 0.2) is 0 Å². The summed E-state index contributed by atoms with van der Waals surface area (Å²) in [6.07, 6.45) is 0. The molecular weight excluding hydrogens is 262 g/mol. The molecule has 0 aromatic heterocycles. The first-order chi connectivity index (χ1) is 8.11. The molecular formula is C13H9Cl2FO. The molecule has 0 fully saturated rings. The first kappa shape index (κ1) is 12.2. The largest absolute Gasteiger partial charge is 0.496 e. The van der Waals surface area contributed by atoms with Crippen LogP contribution in [0.1, 0.15) is 0 Å². The van der Waals surface area contributed by atoms with Crippen molar-refractivity contribution in [3.05, 3.63) is 52.3 Å². The highest BCUT2D eigenvalue weighted by atomic mass is 35.5. The van der Waals surface area contributed by atoms with Crippen LogP contribution in [-0.4, -0.2) is 7.11 Å². The summed E-state index contributed by atoms with van der Waals surface area (Å²) < 4.78 is 18.2. The predicted octanol–water partition coefficient (Wildman–Crippen LogP) is 4.81. The molecule has 0 spiro atoms. The van der Waals surface area contributed by atoms with Crippen molar-refractivity contribution in [1.29, 1.82) is 0 Å². The van der Waals surface area contributed by atoms with Crippen LogP contribution < -0.4 is 4.74 Å². The molecule has 0 unspecified atom stereocenters. The molecule has 0 aliphatic carbocycles.